The van der Waals surface area contributed by atoms with Gasteiger partial charge in [0, 0.05) is 37.9 Å². The average Bonchev–Trinajstić information content (AvgIpc) is 3.17. The predicted octanol–water partition coefficient (Wildman–Crippen LogP) is 5.83. The zero-order chi connectivity index (χ0) is 22.1. The van der Waals surface area contributed by atoms with Crippen molar-refractivity contribution in [1.82, 2.24) is 9.38 Å². The predicted molar refractivity (Wildman–Crippen MR) is 131 cm³/mol. The molecule has 0 spiro atoms. The smallest absolute Gasteiger partial charge is 0.259 e. The van der Waals surface area contributed by atoms with Crippen LogP contribution in [0.2, 0.25) is 5.02 Å². The van der Waals surface area contributed by atoms with E-state index in [0.29, 0.717) is 22.0 Å². The number of hydrogen-bond donors (Lipinski definition) is 1. The molecule has 1 aliphatic rings. The van der Waals surface area contributed by atoms with E-state index in [1.165, 1.54) is 11.3 Å². The van der Waals surface area contributed by atoms with Crippen LogP contribution in [0.25, 0.3) is 4.96 Å². The Morgan fingerprint density at radius 3 is 2.84 bits per heavy atom. The number of para-hydroxylation sites is 1. The molecule has 2 aromatic heterocycles. The number of hydrogen-bond acceptors (Lipinski definition) is 5. The highest BCUT2D eigenvalue weighted by Gasteiger charge is 2.18. The molecule has 0 fully saturated rings. The van der Waals surface area contributed by atoms with E-state index >= 15 is 0 Å². The molecule has 32 heavy (non-hydrogen) atoms. The molecule has 0 unspecified atom stereocenters. The molecule has 5 rings (SSSR count). The molecule has 2 aromatic carbocycles. The van der Waals surface area contributed by atoms with Gasteiger partial charge in [0.25, 0.3) is 11.5 Å². The van der Waals surface area contributed by atoms with E-state index in [4.69, 9.17) is 16.6 Å². The lowest BCUT2D eigenvalue weighted by Crippen LogP contribution is -2.17. The molecule has 2 heterocycles. The summed E-state index contributed by atoms with van der Waals surface area (Å²) in [5.41, 5.74) is 3.09. The van der Waals surface area contributed by atoms with Gasteiger partial charge in [0.1, 0.15) is 0 Å². The molecular weight excluding hydrogens is 462 g/mol. The van der Waals surface area contributed by atoms with Crippen molar-refractivity contribution < 1.29 is 4.79 Å². The van der Waals surface area contributed by atoms with Gasteiger partial charge in [-0.15, -0.1) is 23.1 Å². The number of nitrogens with zero attached hydrogens (tertiary/aromatic N) is 2. The first kappa shape index (κ1) is 21.2. The summed E-state index contributed by atoms with van der Waals surface area (Å²) in [6, 6.07) is 16.1. The highest BCUT2D eigenvalue weighted by molar-refractivity contribution is 7.98. The van der Waals surface area contributed by atoms with Crippen LogP contribution in [-0.2, 0) is 18.6 Å². The van der Waals surface area contributed by atoms with Crippen molar-refractivity contribution in [2.45, 2.75) is 36.3 Å². The number of thiazole rings is 1. The number of rotatable bonds is 5. The van der Waals surface area contributed by atoms with Crippen LogP contribution in [0.3, 0.4) is 0 Å². The molecular formula is C24H20ClN3O2S2. The number of nitrogens with one attached hydrogen (secondary N) is 1. The third-order valence-corrected chi connectivity index (χ3v) is 7.90. The highest BCUT2D eigenvalue weighted by Crippen LogP contribution is 2.31. The summed E-state index contributed by atoms with van der Waals surface area (Å²) in [6.07, 6.45) is 4.28. The van der Waals surface area contributed by atoms with E-state index in [2.05, 4.69) is 5.32 Å². The van der Waals surface area contributed by atoms with Gasteiger partial charge in [-0.25, -0.2) is 4.98 Å². The number of halogens is 1. The molecule has 8 heteroatoms. The quantitative estimate of drug-likeness (QED) is 0.364. The van der Waals surface area contributed by atoms with Gasteiger partial charge in [-0.3, -0.25) is 14.0 Å². The van der Waals surface area contributed by atoms with Gasteiger partial charge in [-0.05, 0) is 56.0 Å². The zero-order valence-corrected chi connectivity index (χ0v) is 19.5. The summed E-state index contributed by atoms with van der Waals surface area (Å²) in [7, 11) is 0. The summed E-state index contributed by atoms with van der Waals surface area (Å²) in [4.78, 5) is 33.2. The van der Waals surface area contributed by atoms with Crippen molar-refractivity contribution in [3.05, 3.63) is 91.8 Å². The van der Waals surface area contributed by atoms with Crippen LogP contribution in [0, 0.1) is 0 Å². The van der Waals surface area contributed by atoms with Gasteiger partial charge in [0.2, 0.25) is 0 Å². The molecule has 1 amide bonds. The summed E-state index contributed by atoms with van der Waals surface area (Å²) < 4.78 is 1.78. The van der Waals surface area contributed by atoms with Gasteiger partial charge >= 0.3 is 0 Å². The third-order valence-electron chi connectivity index (χ3n) is 5.41. The minimum absolute atomic E-state index is 0.00690. The van der Waals surface area contributed by atoms with Gasteiger partial charge in [-0.1, -0.05) is 29.8 Å². The number of thioether (sulfide) groups is 1. The fourth-order valence-electron chi connectivity index (χ4n) is 3.89. The largest absolute Gasteiger partial charge is 0.321 e. The Bertz CT molecular complexity index is 1380. The van der Waals surface area contributed by atoms with Crippen LogP contribution in [0.1, 0.15) is 39.5 Å². The summed E-state index contributed by atoms with van der Waals surface area (Å²) in [5, 5.41) is 3.48. The lowest BCUT2D eigenvalue weighted by atomic mass is 10.0. The number of aromatic nitrogens is 2. The van der Waals surface area contributed by atoms with E-state index in [-0.39, 0.29) is 11.5 Å². The van der Waals surface area contributed by atoms with Gasteiger partial charge < -0.3 is 5.32 Å². The van der Waals surface area contributed by atoms with Crippen molar-refractivity contribution in [2.75, 3.05) is 5.32 Å². The Kier molecular flexibility index (Phi) is 6.04. The molecule has 162 valence electrons. The second-order valence-corrected chi connectivity index (χ2v) is 10.1. The van der Waals surface area contributed by atoms with E-state index in [1.54, 1.807) is 57.8 Å². The fraction of sp³-hybridized carbons (Fsp3) is 0.208. The summed E-state index contributed by atoms with van der Waals surface area (Å²) in [6.45, 7) is 0. The average molecular weight is 482 g/mol. The Balaban J connectivity index is 1.36. The van der Waals surface area contributed by atoms with Crippen molar-refractivity contribution >= 4 is 51.3 Å². The first-order valence-electron chi connectivity index (χ1n) is 10.4. The maximum atomic E-state index is 12.8. The number of amides is 1. The first-order valence-corrected chi connectivity index (χ1v) is 12.6. The number of anilines is 1. The highest BCUT2D eigenvalue weighted by atomic mass is 35.5. The normalized spacial score (nSPS) is 13.2. The van der Waals surface area contributed by atoms with Crippen LogP contribution in [0.15, 0.2) is 64.3 Å². The molecule has 0 saturated carbocycles. The number of carbonyl (C=O) groups is 1. The second-order valence-electron chi connectivity index (χ2n) is 7.63. The number of fused-ring (bicyclic) bond motifs is 3. The number of aryl methyl sites for hydroxylation is 2. The van der Waals surface area contributed by atoms with E-state index in [9.17, 15) is 9.59 Å². The second kappa shape index (κ2) is 9.10. The molecule has 0 aliphatic heterocycles. The molecule has 5 nitrogen and oxygen atoms in total. The molecule has 1 aliphatic carbocycles. The summed E-state index contributed by atoms with van der Waals surface area (Å²) in [5.74, 6) is 0.320. The molecule has 1 N–H and O–H groups in total. The minimum Gasteiger partial charge on any atom is -0.321 e. The van der Waals surface area contributed by atoms with Gasteiger partial charge in [-0.2, -0.15) is 0 Å². The topological polar surface area (TPSA) is 63.5 Å². The van der Waals surface area contributed by atoms with E-state index in [1.807, 2.05) is 24.3 Å². The maximum Gasteiger partial charge on any atom is 0.259 e. The maximum absolute atomic E-state index is 12.8. The summed E-state index contributed by atoms with van der Waals surface area (Å²) >= 11 is 9.19. The van der Waals surface area contributed by atoms with Crippen molar-refractivity contribution in [3.8, 4) is 0 Å². The van der Waals surface area contributed by atoms with Crippen LogP contribution in [0.5, 0.6) is 0 Å². The van der Waals surface area contributed by atoms with Crippen LogP contribution < -0.4 is 10.9 Å². The van der Waals surface area contributed by atoms with Crippen LogP contribution in [-0.4, -0.2) is 15.3 Å². The van der Waals surface area contributed by atoms with Crippen molar-refractivity contribution in [3.63, 3.8) is 0 Å². The molecule has 0 atom stereocenters. The van der Waals surface area contributed by atoms with Crippen molar-refractivity contribution in [2.24, 2.45) is 0 Å². The first-order chi connectivity index (χ1) is 15.6. The molecule has 0 radical (unpaired) electrons. The molecule has 4 aromatic rings. The SMILES string of the molecule is O=C(Nc1ccccc1SCc1cc(=O)n2c3c(sc2n1)CCCC3)c1cccc(Cl)c1. The van der Waals surface area contributed by atoms with Crippen molar-refractivity contribution in [1.29, 1.82) is 0 Å². The fourth-order valence-corrected chi connectivity index (χ4v) is 6.21. The van der Waals surface area contributed by atoms with Gasteiger partial charge in [0.15, 0.2) is 4.96 Å². The Morgan fingerprint density at radius 1 is 1.12 bits per heavy atom. The minimum atomic E-state index is -0.220. The Morgan fingerprint density at radius 2 is 1.97 bits per heavy atom. The Hall–Kier alpha value is -2.61. The zero-order valence-electron chi connectivity index (χ0n) is 17.1. The standard InChI is InChI=1S/C24H20ClN3O2S2/c25-16-7-5-6-15(12-16)23(30)27-18-8-1-3-10-20(18)31-14-17-13-22(29)28-19-9-2-4-11-21(19)32-24(28)26-17/h1,3,5-8,10,12-13H,2,4,9,11,14H2,(H,27,30). The number of benzene rings is 2. The lowest BCUT2D eigenvalue weighted by Gasteiger charge is -2.11. The van der Waals surface area contributed by atoms with E-state index < -0.39 is 0 Å². The molecule has 0 bridgehead atoms. The Labute approximate surface area is 198 Å². The lowest BCUT2D eigenvalue weighted by molar-refractivity contribution is 0.102. The number of carbonyl (C=O) groups excluding carboxylic acids is 1. The van der Waals surface area contributed by atoms with Gasteiger partial charge in [0.05, 0.1) is 11.4 Å². The monoisotopic (exact) mass is 481 g/mol. The molecule has 0 saturated heterocycles. The van der Waals surface area contributed by atoms with Crippen LogP contribution >= 0.6 is 34.7 Å². The van der Waals surface area contributed by atoms with E-state index in [0.717, 1.165) is 40.5 Å². The third kappa shape index (κ3) is 4.33. The van der Waals surface area contributed by atoms with Crippen LogP contribution in [0.4, 0.5) is 5.69 Å².